The van der Waals surface area contributed by atoms with Crippen molar-refractivity contribution in [3.05, 3.63) is 64.2 Å². The molecule has 0 bridgehead atoms. The highest BCUT2D eigenvalue weighted by atomic mass is 32.1. The van der Waals surface area contributed by atoms with E-state index in [0.29, 0.717) is 28.9 Å². The zero-order valence-corrected chi connectivity index (χ0v) is 22.1. The predicted molar refractivity (Wildman–Crippen MR) is 142 cm³/mol. The maximum absolute atomic E-state index is 12.3. The Morgan fingerprint density at radius 3 is 2.56 bits per heavy atom. The van der Waals surface area contributed by atoms with Gasteiger partial charge < -0.3 is 14.6 Å². The van der Waals surface area contributed by atoms with Gasteiger partial charge in [-0.15, -0.1) is 0 Å². The maximum Gasteiger partial charge on any atom is 0.199 e. The van der Waals surface area contributed by atoms with Crippen molar-refractivity contribution in [1.82, 2.24) is 14.8 Å². The first-order valence-electron chi connectivity index (χ1n) is 13.1. The van der Waals surface area contributed by atoms with Crippen LogP contribution in [0.2, 0.25) is 0 Å². The first kappa shape index (κ1) is 23.7. The van der Waals surface area contributed by atoms with Gasteiger partial charge in [-0.3, -0.25) is 9.67 Å². The summed E-state index contributed by atoms with van der Waals surface area (Å²) in [5.74, 6) is 4.23. The van der Waals surface area contributed by atoms with Crippen LogP contribution in [0.15, 0.2) is 42.5 Å². The molecule has 0 saturated heterocycles. The Hall–Kier alpha value is -2.64. The number of fused-ring (bicyclic) bond motifs is 5. The molecule has 2 N–H and O–H groups in total. The molecule has 0 spiro atoms. The van der Waals surface area contributed by atoms with Crippen LogP contribution < -0.4 is 9.47 Å². The molecule has 6 nitrogen and oxygen atoms in total. The van der Waals surface area contributed by atoms with Gasteiger partial charge in [0.2, 0.25) is 0 Å². The summed E-state index contributed by atoms with van der Waals surface area (Å²) in [4.78, 5) is 0. The Morgan fingerprint density at radius 2 is 1.81 bits per heavy atom. The van der Waals surface area contributed by atoms with Gasteiger partial charge in [-0.1, -0.05) is 13.0 Å². The molecule has 2 saturated carbocycles. The molecule has 0 amide bonds. The smallest absolute Gasteiger partial charge is 0.199 e. The minimum atomic E-state index is -0.811. The molecular formula is C29H35N3O3S. The lowest BCUT2D eigenvalue weighted by molar-refractivity contribution is -0.103. The van der Waals surface area contributed by atoms with Crippen molar-refractivity contribution in [2.24, 2.45) is 17.3 Å². The van der Waals surface area contributed by atoms with Crippen LogP contribution in [0.4, 0.5) is 0 Å². The molecule has 0 aliphatic heterocycles. The molecule has 0 unspecified atom stereocenters. The fourth-order valence-corrected chi connectivity index (χ4v) is 8.05. The molecule has 2 aromatic carbocycles. The van der Waals surface area contributed by atoms with Crippen LogP contribution in [0.3, 0.4) is 0 Å². The second-order valence-corrected chi connectivity index (χ2v) is 11.5. The molecule has 3 aliphatic carbocycles. The van der Waals surface area contributed by atoms with Crippen molar-refractivity contribution < 1.29 is 14.6 Å². The molecule has 5 atom stereocenters. The highest BCUT2D eigenvalue weighted by molar-refractivity contribution is 7.71. The molecule has 6 rings (SSSR count). The fourth-order valence-electron chi connectivity index (χ4n) is 7.79. The minimum Gasteiger partial charge on any atom is -0.497 e. The van der Waals surface area contributed by atoms with Crippen molar-refractivity contribution in [3.8, 4) is 17.2 Å². The average molecular weight is 506 g/mol. The Balaban J connectivity index is 1.29. The number of aromatic amines is 1. The molecule has 190 valence electrons. The molecule has 1 heterocycles. The molecule has 0 radical (unpaired) electrons. The third-order valence-corrected chi connectivity index (χ3v) is 10.1. The van der Waals surface area contributed by atoms with Gasteiger partial charge in [-0.25, -0.2) is 0 Å². The summed E-state index contributed by atoms with van der Waals surface area (Å²) in [6.07, 6.45) is 6.77. The monoisotopic (exact) mass is 505 g/mol. The number of aryl methyl sites for hydroxylation is 1. The van der Waals surface area contributed by atoms with Gasteiger partial charge in [0, 0.05) is 12.1 Å². The molecule has 1 aromatic heterocycles. The standard InChI is InChI=1S/C29H35N3O3S/c1-28-14-12-23-22-11-9-21(35-3)16-18(22)4-10-24(23)25(28)13-15-29(28,33)17-26-30-31-27(36)32(26)19-5-7-20(34-2)8-6-19/h5-9,11,16,23-25,33H,4,10,12-15,17H2,1-3H3,(H,31,36)/t23-,24-,25+,28+,29-/m1/s1. The van der Waals surface area contributed by atoms with E-state index in [4.69, 9.17) is 21.7 Å². The third-order valence-electron chi connectivity index (χ3n) is 9.78. The Bertz CT molecular complexity index is 1330. The summed E-state index contributed by atoms with van der Waals surface area (Å²) >= 11 is 5.59. The summed E-state index contributed by atoms with van der Waals surface area (Å²) in [5, 5.41) is 19.8. The number of ether oxygens (including phenoxy) is 2. The number of methoxy groups -OCH3 is 2. The second-order valence-electron chi connectivity index (χ2n) is 11.2. The largest absolute Gasteiger partial charge is 0.497 e. The van der Waals surface area contributed by atoms with Crippen LogP contribution >= 0.6 is 12.2 Å². The summed E-state index contributed by atoms with van der Waals surface area (Å²) < 4.78 is 13.3. The number of H-pyrrole nitrogens is 1. The highest BCUT2D eigenvalue weighted by Gasteiger charge is 2.61. The highest BCUT2D eigenvalue weighted by Crippen LogP contribution is 2.64. The van der Waals surface area contributed by atoms with Crippen LogP contribution in [0.5, 0.6) is 11.5 Å². The molecular weight excluding hydrogens is 470 g/mol. The molecule has 3 aromatic rings. The third kappa shape index (κ3) is 3.54. The maximum atomic E-state index is 12.3. The lowest BCUT2D eigenvalue weighted by Crippen LogP contribution is -2.52. The first-order chi connectivity index (χ1) is 17.4. The Kier molecular flexibility index (Phi) is 5.76. The van der Waals surface area contributed by atoms with Crippen molar-refractivity contribution in [2.75, 3.05) is 14.2 Å². The first-order valence-corrected chi connectivity index (χ1v) is 13.5. The average Bonchev–Trinajstić information content (AvgIpc) is 3.39. The number of benzene rings is 2. The Labute approximate surface area is 217 Å². The lowest BCUT2D eigenvalue weighted by atomic mass is 9.53. The van der Waals surface area contributed by atoms with Gasteiger partial charge in [0.15, 0.2) is 4.77 Å². The van der Waals surface area contributed by atoms with Crippen molar-refractivity contribution in [3.63, 3.8) is 0 Å². The van der Waals surface area contributed by atoms with Crippen LogP contribution in [0.1, 0.15) is 61.9 Å². The zero-order chi connectivity index (χ0) is 25.1. The van der Waals surface area contributed by atoms with E-state index < -0.39 is 5.60 Å². The molecule has 36 heavy (non-hydrogen) atoms. The minimum absolute atomic E-state index is 0.142. The van der Waals surface area contributed by atoms with Gasteiger partial charge >= 0.3 is 0 Å². The van der Waals surface area contributed by atoms with Crippen molar-refractivity contribution in [1.29, 1.82) is 0 Å². The summed E-state index contributed by atoms with van der Waals surface area (Å²) in [7, 11) is 3.40. The molecule has 7 heteroatoms. The molecule has 3 aliphatic rings. The summed E-state index contributed by atoms with van der Waals surface area (Å²) in [6, 6.07) is 14.4. The number of nitrogens with one attached hydrogen (secondary N) is 1. The quantitative estimate of drug-likeness (QED) is 0.430. The van der Waals surface area contributed by atoms with Crippen LogP contribution in [-0.4, -0.2) is 39.7 Å². The van der Waals surface area contributed by atoms with Crippen LogP contribution in [0, 0.1) is 22.0 Å². The SMILES string of the molecule is COc1ccc(-n2c(C[C@]3(O)CC[C@H]4[C@@H]5CCc6cc(OC)ccc6[C@H]5CC[C@@]43C)n[nH]c2=S)cc1. The lowest BCUT2D eigenvalue weighted by Gasteiger charge is -2.53. The van der Waals surface area contributed by atoms with Crippen LogP contribution in [-0.2, 0) is 12.8 Å². The Morgan fingerprint density at radius 1 is 1.06 bits per heavy atom. The van der Waals surface area contributed by atoms with Crippen LogP contribution in [0.25, 0.3) is 5.69 Å². The predicted octanol–water partition coefficient (Wildman–Crippen LogP) is 5.78. The van der Waals surface area contributed by atoms with Crippen molar-refractivity contribution in [2.45, 2.75) is 63.4 Å². The number of aromatic nitrogens is 3. The van der Waals surface area contributed by atoms with Gasteiger partial charge in [-0.2, -0.15) is 5.10 Å². The van der Waals surface area contributed by atoms with E-state index in [-0.39, 0.29) is 5.41 Å². The van der Waals surface area contributed by atoms with E-state index in [9.17, 15) is 5.11 Å². The number of hydrogen-bond acceptors (Lipinski definition) is 5. The van der Waals surface area contributed by atoms with Gasteiger partial charge in [0.05, 0.1) is 19.8 Å². The summed E-state index contributed by atoms with van der Waals surface area (Å²) in [6.45, 7) is 2.34. The van der Waals surface area contributed by atoms with E-state index in [1.165, 1.54) is 17.5 Å². The number of nitrogens with zero attached hydrogens (tertiary/aromatic N) is 2. The number of aliphatic hydroxyl groups is 1. The summed E-state index contributed by atoms with van der Waals surface area (Å²) in [5.41, 5.74) is 2.92. The second kappa shape index (κ2) is 8.73. The van der Waals surface area contributed by atoms with Gasteiger partial charge in [0.25, 0.3) is 0 Å². The topological polar surface area (TPSA) is 72.3 Å². The van der Waals surface area contributed by atoms with Gasteiger partial charge in [0.1, 0.15) is 17.3 Å². The van der Waals surface area contributed by atoms with Gasteiger partial charge in [-0.05, 0) is 121 Å². The van der Waals surface area contributed by atoms with E-state index in [2.05, 4.69) is 35.3 Å². The van der Waals surface area contributed by atoms with Crippen molar-refractivity contribution >= 4 is 12.2 Å². The molecule has 2 fully saturated rings. The van der Waals surface area contributed by atoms with E-state index >= 15 is 0 Å². The number of hydrogen-bond donors (Lipinski definition) is 2. The number of rotatable bonds is 5. The fraction of sp³-hybridized carbons (Fsp3) is 0.517. The van der Waals surface area contributed by atoms with E-state index in [0.717, 1.165) is 55.1 Å². The van der Waals surface area contributed by atoms with E-state index in [1.807, 2.05) is 28.8 Å². The van der Waals surface area contributed by atoms with E-state index in [1.54, 1.807) is 14.2 Å². The zero-order valence-electron chi connectivity index (χ0n) is 21.3. The normalized spacial score (nSPS) is 30.8.